The fourth-order valence-corrected chi connectivity index (χ4v) is 3.18. The van der Waals surface area contributed by atoms with Crippen LogP contribution in [0.5, 0.6) is 0 Å². The van der Waals surface area contributed by atoms with Gasteiger partial charge in [-0.2, -0.15) is 0 Å². The molecule has 1 aliphatic heterocycles. The number of H-pyrrole nitrogens is 1. The van der Waals surface area contributed by atoms with E-state index in [1.54, 1.807) is 25.3 Å². The van der Waals surface area contributed by atoms with Crippen molar-refractivity contribution in [1.82, 2.24) is 14.9 Å². The molecule has 3 heterocycles. The van der Waals surface area contributed by atoms with E-state index < -0.39 is 0 Å². The van der Waals surface area contributed by atoms with Crippen molar-refractivity contribution in [3.05, 3.63) is 63.8 Å². The summed E-state index contributed by atoms with van der Waals surface area (Å²) in [6.45, 7) is 3.22. The van der Waals surface area contributed by atoms with Gasteiger partial charge in [-0.25, -0.2) is 0 Å². The maximum Gasteiger partial charge on any atom is 0.260 e. The lowest BCUT2D eigenvalue weighted by Gasteiger charge is -2.32. The Bertz CT molecular complexity index is 739. The number of amides is 1. The highest BCUT2D eigenvalue weighted by molar-refractivity contribution is 5.93. The fraction of sp³-hybridized carbons (Fsp3) is 0.389. The molecule has 1 N–H and O–H groups in total. The number of aromatic nitrogens is 2. The van der Waals surface area contributed by atoms with Crippen molar-refractivity contribution in [2.24, 2.45) is 5.92 Å². The van der Waals surface area contributed by atoms with Crippen molar-refractivity contribution in [1.29, 1.82) is 0 Å². The van der Waals surface area contributed by atoms with Gasteiger partial charge < -0.3 is 9.88 Å². The molecular formula is C18H21N3O2. The van der Waals surface area contributed by atoms with Crippen LogP contribution in [0.25, 0.3) is 0 Å². The van der Waals surface area contributed by atoms with Crippen LogP contribution in [0.3, 0.4) is 0 Å². The number of aryl methyl sites for hydroxylation is 1. The van der Waals surface area contributed by atoms with Gasteiger partial charge in [-0.15, -0.1) is 0 Å². The Labute approximate surface area is 135 Å². The normalized spacial score (nSPS) is 18.0. The molecule has 1 atom stereocenters. The van der Waals surface area contributed by atoms with E-state index in [0.717, 1.165) is 31.5 Å². The number of hydrogen-bond acceptors (Lipinski definition) is 3. The molecule has 2 aromatic rings. The highest BCUT2D eigenvalue weighted by atomic mass is 16.2. The second-order valence-corrected chi connectivity index (χ2v) is 6.21. The van der Waals surface area contributed by atoms with Crippen molar-refractivity contribution in [3.8, 4) is 0 Å². The lowest BCUT2D eigenvalue weighted by Crippen LogP contribution is -2.42. The fourth-order valence-electron chi connectivity index (χ4n) is 3.18. The molecule has 3 rings (SSSR count). The number of nitrogens with one attached hydrogen (secondary N) is 1. The minimum atomic E-state index is -0.301. The predicted octanol–water partition coefficient (Wildman–Crippen LogP) is 2.17. The van der Waals surface area contributed by atoms with E-state index >= 15 is 0 Å². The van der Waals surface area contributed by atoms with Gasteiger partial charge in [0.2, 0.25) is 0 Å². The zero-order valence-corrected chi connectivity index (χ0v) is 13.3. The summed E-state index contributed by atoms with van der Waals surface area (Å²) in [7, 11) is 0. The van der Waals surface area contributed by atoms with Gasteiger partial charge in [0.1, 0.15) is 5.56 Å². The molecule has 1 aliphatic rings. The van der Waals surface area contributed by atoms with Gasteiger partial charge in [-0.1, -0.05) is 6.07 Å². The van der Waals surface area contributed by atoms with Gasteiger partial charge in [0.25, 0.3) is 11.5 Å². The van der Waals surface area contributed by atoms with Crippen LogP contribution in [0.15, 0.2) is 41.5 Å². The van der Waals surface area contributed by atoms with Gasteiger partial charge in [-0.05, 0) is 55.9 Å². The number of rotatable bonds is 3. The third kappa shape index (κ3) is 3.67. The highest BCUT2D eigenvalue weighted by Gasteiger charge is 2.26. The molecule has 0 saturated carbocycles. The summed E-state index contributed by atoms with van der Waals surface area (Å²) < 4.78 is 0. The molecule has 1 amide bonds. The second kappa shape index (κ2) is 6.77. The highest BCUT2D eigenvalue weighted by Crippen LogP contribution is 2.21. The number of pyridine rings is 2. The average Bonchev–Trinajstić information content (AvgIpc) is 2.55. The number of nitrogens with zero attached hydrogens (tertiary/aromatic N) is 2. The van der Waals surface area contributed by atoms with Gasteiger partial charge in [0, 0.05) is 31.2 Å². The maximum absolute atomic E-state index is 12.6. The third-order valence-electron chi connectivity index (χ3n) is 4.34. The molecule has 1 fully saturated rings. The average molecular weight is 311 g/mol. The van der Waals surface area contributed by atoms with Crippen LogP contribution in [0.1, 0.15) is 34.5 Å². The van der Waals surface area contributed by atoms with E-state index in [1.807, 2.05) is 17.2 Å². The Morgan fingerprint density at radius 2 is 2.26 bits per heavy atom. The summed E-state index contributed by atoms with van der Waals surface area (Å²) in [5.74, 6) is 0.253. The number of likely N-dealkylation sites (tertiary alicyclic amines) is 1. The molecule has 0 radical (unpaired) electrons. The largest absolute Gasteiger partial charge is 0.338 e. The molecule has 0 spiro atoms. The molecule has 0 bridgehead atoms. The van der Waals surface area contributed by atoms with Crippen LogP contribution >= 0.6 is 0 Å². The minimum Gasteiger partial charge on any atom is -0.338 e. The first-order valence-corrected chi connectivity index (χ1v) is 8.01. The molecule has 23 heavy (non-hydrogen) atoms. The summed E-state index contributed by atoms with van der Waals surface area (Å²) >= 11 is 0. The summed E-state index contributed by atoms with van der Waals surface area (Å²) in [6.07, 6.45) is 6.64. The van der Waals surface area contributed by atoms with Crippen molar-refractivity contribution in [2.75, 3.05) is 13.1 Å². The number of hydrogen-bond donors (Lipinski definition) is 1. The lowest BCUT2D eigenvalue weighted by atomic mass is 9.91. The summed E-state index contributed by atoms with van der Waals surface area (Å²) in [4.78, 5) is 33.3. The third-order valence-corrected chi connectivity index (χ3v) is 4.34. The summed E-state index contributed by atoms with van der Waals surface area (Å²) in [5, 5.41) is 0. The number of aromatic amines is 1. The Morgan fingerprint density at radius 1 is 1.39 bits per heavy atom. The van der Waals surface area contributed by atoms with Gasteiger partial charge >= 0.3 is 0 Å². The van der Waals surface area contributed by atoms with E-state index in [2.05, 4.69) is 16.0 Å². The van der Waals surface area contributed by atoms with E-state index in [-0.39, 0.29) is 17.0 Å². The second-order valence-electron chi connectivity index (χ2n) is 6.21. The Kier molecular flexibility index (Phi) is 4.55. The number of piperidine rings is 1. The van der Waals surface area contributed by atoms with Crippen molar-refractivity contribution in [2.45, 2.75) is 26.2 Å². The Hall–Kier alpha value is -2.43. The molecule has 0 unspecified atom stereocenters. The summed E-state index contributed by atoms with van der Waals surface area (Å²) in [6, 6.07) is 7.40. The minimum absolute atomic E-state index is 0.165. The zero-order chi connectivity index (χ0) is 16.2. The van der Waals surface area contributed by atoms with Crippen molar-refractivity contribution >= 4 is 5.91 Å². The maximum atomic E-state index is 12.6. The van der Waals surface area contributed by atoms with Crippen LogP contribution in [0.2, 0.25) is 0 Å². The Morgan fingerprint density at radius 3 is 3.00 bits per heavy atom. The molecule has 2 aromatic heterocycles. The Balaban J connectivity index is 1.70. The number of carbonyl (C=O) groups is 1. The van der Waals surface area contributed by atoms with Gasteiger partial charge in [0.15, 0.2) is 0 Å². The SMILES string of the molecule is Cc1ccc(C(=O)N2CCC[C@H](Cc3cccnc3)C2)c(=O)[nH]1. The molecule has 120 valence electrons. The van der Waals surface area contributed by atoms with Crippen molar-refractivity contribution < 1.29 is 4.79 Å². The van der Waals surface area contributed by atoms with Crippen LogP contribution < -0.4 is 5.56 Å². The lowest BCUT2D eigenvalue weighted by molar-refractivity contribution is 0.0671. The molecule has 0 aromatic carbocycles. The summed E-state index contributed by atoms with van der Waals surface area (Å²) in [5.41, 5.74) is 1.89. The smallest absolute Gasteiger partial charge is 0.260 e. The molecular weight excluding hydrogens is 290 g/mol. The van der Waals surface area contributed by atoms with E-state index in [0.29, 0.717) is 12.5 Å². The molecule has 1 saturated heterocycles. The van der Waals surface area contributed by atoms with E-state index in [9.17, 15) is 9.59 Å². The molecule has 5 heteroatoms. The standard InChI is InChI=1S/C18H21N3O2/c1-13-6-7-16(17(22)20-13)18(23)21-9-3-5-15(12-21)10-14-4-2-8-19-11-14/h2,4,6-8,11,15H,3,5,9-10,12H2,1H3,(H,20,22)/t15-/m1/s1. The molecule has 5 nitrogen and oxygen atoms in total. The zero-order valence-electron chi connectivity index (χ0n) is 13.3. The predicted molar refractivity (Wildman–Crippen MR) is 88.4 cm³/mol. The van der Waals surface area contributed by atoms with Crippen LogP contribution in [0.4, 0.5) is 0 Å². The molecule has 0 aliphatic carbocycles. The van der Waals surface area contributed by atoms with Gasteiger partial charge in [-0.3, -0.25) is 14.6 Å². The first-order chi connectivity index (χ1) is 11.1. The van der Waals surface area contributed by atoms with Gasteiger partial charge in [0.05, 0.1) is 0 Å². The first kappa shape index (κ1) is 15.5. The van der Waals surface area contributed by atoms with E-state index in [4.69, 9.17) is 0 Å². The van der Waals surface area contributed by atoms with Crippen molar-refractivity contribution in [3.63, 3.8) is 0 Å². The van der Waals surface area contributed by atoms with Crippen LogP contribution in [-0.2, 0) is 6.42 Å². The topological polar surface area (TPSA) is 66.1 Å². The van der Waals surface area contributed by atoms with Crippen LogP contribution in [0, 0.1) is 12.8 Å². The van der Waals surface area contributed by atoms with Crippen LogP contribution in [-0.4, -0.2) is 33.9 Å². The monoisotopic (exact) mass is 311 g/mol. The quantitative estimate of drug-likeness (QED) is 0.945. The first-order valence-electron chi connectivity index (χ1n) is 8.01. The number of carbonyl (C=O) groups excluding carboxylic acids is 1. The van der Waals surface area contributed by atoms with E-state index in [1.165, 1.54) is 5.56 Å².